The first kappa shape index (κ1) is 36.6. The van der Waals surface area contributed by atoms with Gasteiger partial charge in [-0.2, -0.15) is 0 Å². The maximum atomic E-state index is 13.0. The molecule has 2 aliphatic heterocycles. The van der Waals surface area contributed by atoms with Gasteiger partial charge in [0.2, 0.25) is 12.8 Å². The Kier molecular flexibility index (Phi) is 12.7. The molecule has 2 amide bonds. The molecule has 0 aromatic heterocycles. The predicted molar refractivity (Wildman–Crippen MR) is 198 cm³/mol. The molecule has 10 heteroatoms. The van der Waals surface area contributed by atoms with Crippen LogP contribution >= 0.6 is 0 Å². The lowest BCUT2D eigenvalue weighted by Gasteiger charge is -2.43. The van der Waals surface area contributed by atoms with Crippen molar-refractivity contribution in [3.8, 4) is 0 Å². The zero-order valence-corrected chi connectivity index (χ0v) is 29.3. The molecule has 2 heterocycles. The minimum absolute atomic E-state index is 0.0137. The number of aliphatic imine (C=N–C) groups is 1. The first-order valence-electron chi connectivity index (χ1n) is 17.8. The van der Waals surface area contributed by atoms with Crippen molar-refractivity contribution < 1.29 is 14.5 Å². The summed E-state index contributed by atoms with van der Waals surface area (Å²) in [6.45, 7) is 5.78. The zero-order chi connectivity index (χ0) is 35.5. The predicted octanol–water partition coefficient (Wildman–Crippen LogP) is 6.27. The Balaban J connectivity index is 1.40. The number of hydrogen-bond acceptors (Lipinski definition) is 7. The van der Waals surface area contributed by atoms with Gasteiger partial charge >= 0.3 is 0 Å². The molecule has 3 aromatic rings. The Bertz CT molecular complexity index is 1590. The number of non-ortho nitro benzene ring substituents is 1. The summed E-state index contributed by atoms with van der Waals surface area (Å²) in [6, 6.07) is 27.6. The maximum absolute atomic E-state index is 13.0. The molecule has 50 heavy (non-hydrogen) atoms. The fraction of sp³-hybridized carbons (Fsp3) is 0.425. The number of rotatable bonds is 17. The largest absolute Gasteiger partial charge is 0.339 e. The number of unbranched alkanes of at least 4 members (excludes halogenated alkanes) is 1. The molecule has 2 atom stereocenters. The van der Waals surface area contributed by atoms with Gasteiger partial charge in [0.05, 0.1) is 28.3 Å². The monoisotopic (exact) mass is 678 g/mol. The van der Waals surface area contributed by atoms with E-state index in [0.717, 1.165) is 87.2 Å². The van der Waals surface area contributed by atoms with E-state index in [1.165, 1.54) is 23.3 Å². The van der Waals surface area contributed by atoms with Crippen molar-refractivity contribution in [1.29, 1.82) is 0 Å². The lowest BCUT2D eigenvalue weighted by atomic mass is 9.68. The number of carbonyl (C=O) groups is 2. The third-order valence-electron chi connectivity index (χ3n) is 10.5. The fourth-order valence-electron chi connectivity index (χ4n) is 7.86. The first-order valence-corrected chi connectivity index (χ1v) is 17.8. The Labute approximate surface area is 295 Å². The van der Waals surface area contributed by atoms with Gasteiger partial charge in [-0.3, -0.25) is 24.7 Å². The van der Waals surface area contributed by atoms with Crippen LogP contribution in [0, 0.1) is 10.1 Å². The molecule has 2 aliphatic rings. The quantitative estimate of drug-likeness (QED) is 0.0777. The Morgan fingerprint density at radius 3 is 2.06 bits per heavy atom. The van der Waals surface area contributed by atoms with Crippen LogP contribution in [0.15, 0.2) is 101 Å². The summed E-state index contributed by atoms with van der Waals surface area (Å²) in [6.07, 6.45) is 7.31. The second-order valence-corrected chi connectivity index (χ2v) is 13.4. The van der Waals surface area contributed by atoms with Crippen LogP contribution in [-0.4, -0.2) is 84.0 Å². The molecule has 0 aliphatic carbocycles. The molecule has 0 radical (unpaired) electrons. The number of hydrogen-bond donors (Lipinski definition) is 1. The topological polar surface area (TPSA) is 125 Å². The number of allylic oxidation sites excluding steroid dienone is 1. The van der Waals surface area contributed by atoms with E-state index in [1.807, 2.05) is 6.92 Å². The second-order valence-electron chi connectivity index (χ2n) is 13.4. The van der Waals surface area contributed by atoms with Gasteiger partial charge in [-0.15, -0.1) is 0 Å². The summed E-state index contributed by atoms with van der Waals surface area (Å²) < 4.78 is 0. The third-order valence-corrected chi connectivity index (χ3v) is 10.5. The molecule has 1 fully saturated rings. The van der Waals surface area contributed by atoms with Gasteiger partial charge < -0.3 is 20.4 Å². The number of piperidine rings is 1. The van der Waals surface area contributed by atoms with E-state index in [-0.39, 0.29) is 11.1 Å². The lowest BCUT2D eigenvalue weighted by Crippen LogP contribution is -2.48. The van der Waals surface area contributed by atoms with Crippen LogP contribution in [0.25, 0.3) is 0 Å². The second kappa shape index (κ2) is 17.3. The van der Waals surface area contributed by atoms with Crippen molar-refractivity contribution in [1.82, 2.24) is 14.7 Å². The normalized spacial score (nSPS) is 19.1. The average molecular weight is 679 g/mol. The standard InChI is InChI=1S/C40H50N6O4/c1-3-35-38(43(2)29-47)37(31-18-20-34(21-19-31)46(49)50)39(36(42-35)17-10-11-24-41)45(30-48)26-12-25-44-27-22-40(23-28-44,32-13-6-4-7-14-32)33-15-8-5-9-16-33/h4-9,13-16,18-21,29-30,37-38H,3,10-12,17,22-28,41H2,1-2H3. The van der Waals surface area contributed by atoms with Gasteiger partial charge in [-0.25, -0.2) is 0 Å². The minimum Gasteiger partial charge on any atom is -0.339 e. The molecule has 0 spiro atoms. The number of amides is 2. The Morgan fingerprint density at radius 2 is 1.54 bits per heavy atom. The van der Waals surface area contributed by atoms with Crippen molar-refractivity contribution in [2.75, 3.05) is 39.8 Å². The van der Waals surface area contributed by atoms with Crippen LogP contribution in [0.2, 0.25) is 0 Å². The summed E-state index contributed by atoms with van der Waals surface area (Å²) in [4.78, 5) is 47.3. The minimum atomic E-state index is -0.444. The summed E-state index contributed by atoms with van der Waals surface area (Å²) in [5.74, 6) is -0.427. The summed E-state index contributed by atoms with van der Waals surface area (Å²) in [5, 5.41) is 11.5. The van der Waals surface area contributed by atoms with E-state index in [9.17, 15) is 19.7 Å². The average Bonchev–Trinajstić information content (AvgIpc) is 3.17. The molecule has 0 saturated carbocycles. The maximum Gasteiger partial charge on any atom is 0.269 e. The van der Waals surface area contributed by atoms with Crippen molar-refractivity contribution in [3.63, 3.8) is 0 Å². The Morgan fingerprint density at radius 1 is 0.920 bits per heavy atom. The third kappa shape index (κ3) is 8.03. The van der Waals surface area contributed by atoms with Crippen LogP contribution in [0.1, 0.15) is 74.5 Å². The molecule has 2 unspecified atom stereocenters. The number of likely N-dealkylation sites (N-methyl/N-ethyl adjacent to an activating group) is 1. The number of likely N-dealkylation sites (tertiary alicyclic amines) is 1. The van der Waals surface area contributed by atoms with E-state index in [0.29, 0.717) is 25.9 Å². The summed E-state index contributed by atoms with van der Waals surface area (Å²) in [5.41, 5.74) is 11.7. The van der Waals surface area contributed by atoms with Crippen LogP contribution < -0.4 is 5.73 Å². The highest BCUT2D eigenvalue weighted by atomic mass is 16.6. The van der Waals surface area contributed by atoms with E-state index in [4.69, 9.17) is 10.7 Å². The van der Waals surface area contributed by atoms with Gasteiger partial charge in [-0.05, 0) is 87.8 Å². The molecule has 264 valence electrons. The van der Waals surface area contributed by atoms with Crippen LogP contribution in [-0.2, 0) is 15.0 Å². The highest BCUT2D eigenvalue weighted by molar-refractivity contribution is 5.94. The van der Waals surface area contributed by atoms with Crippen LogP contribution in [0.5, 0.6) is 0 Å². The lowest BCUT2D eigenvalue weighted by molar-refractivity contribution is -0.384. The van der Waals surface area contributed by atoms with Gasteiger partial charge in [0.1, 0.15) is 0 Å². The molecule has 3 aromatic carbocycles. The van der Waals surface area contributed by atoms with Crippen LogP contribution in [0.4, 0.5) is 5.69 Å². The van der Waals surface area contributed by atoms with Crippen molar-refractivity contribution in [3.05, 3.63) is 123 Å². The van der Waals surface area contributed by atoms with Crippen molar-refractivity contribution in [2.45, 2.75) is 69.2 Å². The molecule has 0 bridgehead atoms. The summed E-state index contributed by atoms with van der Waals surface area (Å²) >= 11 is 0. The molecule has 2 N–H and O–H groups in total. The molecule has 1 saturated heterocycles. The number of carbonyl (C=O) groups excluding carboxylic acids is 2. The van der Waals surface area contributed by atoms with E-state index >= 15 is 0 Å². The first-order chi connectivity index (χ1) is 24.4. The van der Waals surface area contributed by atoms with E-state index in [2.05, 4.69) is 65.6 Å². The number of benzene rings is 3. The Hall–Kier alpha value is -4.67. The molecule has 5 rings (SSSR count). The number of nitro groups is 1. The molecular weight excluding hydrogens is 628 g/mol. The van der Waals surface area contributed by atoms with Crippen molar-refractivity contribution >= 4 is 24.2 Å². The van der Waals surface area contributed by atoms with Crippen LogP contribution in [0.3, 0.4) is 0 Å². The zero-order valence-electron chi connectivity index (χ0n) is 29.3. The molecule has 10 nitrogen and oxygen atoms in total. The van der Waals surface area contributed by atoms with Gasteiger partial charge in [0.25, 0.3) is 5.69 Å². The number of nitro benzene ring substituents is 1. The number of nitrogens with zero attached hydrogens (tertiary/aromatic N) is 5. The molecular formula is C40H50N6O4. The number of nitrogens with two attached hydrogens (primary N) is 1. The fourth-order valence-corrected chi connectivity index (χ4v) is 7.86. The van der Waals surface area contributed by atoms with Crippen molar-refractivity contribution in [2.24, 2.45) is 10.7 Å². The van der Waals surface area contributed by atoms with Gasteiger partial charge in [0.15, 0.2) is 0 Å². The van der Waals surface area contributed by atoms with E-state index in [1.54, 1.807) is 29.0 Å². The smallest absolute Gasteiger partial charge is 0.269 e. The van der Waals surface area contributed by atoms with Gasteiger partial charge in [0, 0.05) is 36.9 Å². The highest BCUT2D eigenvalue weighted by Gasteiger charge is 2.41. The van der Waals surface area contributed by atoms with Gasteiger partial charge in [-0.1, -0.05) is 79.7 Å². The highest BCUT2D eigenvalue weighted by Crippen LogP contribution is 2.43. The summed E-state index contributed by atoms with van der Waals surface area (Å²) in [7, 11) is 1.73. The SMILES string of the molecule is CCC1=NC(CCCCN)=C(N(C=O)CCCN2CCC(c3ccccc3)(c3ccccc3)CC2)C(c2ccc([N+](=O)[O-])cc2)C1N(C)C=O. The van der Waals surface area contributed by atoms with E-state index < -0.39 is 16.9 Å².